The number of Topliss-reactive ketones (excluding diaryl/α,β-unsaturated/α-hetero) is 1. The Bertz CT molecular complexity index is 603. The summed E-state index contributed by atoms with van der Waals surface area (Å²) in [6.45, 7) is 4.40. The van der Waals surface area contributed by atoms with Crippen LogP contribution in [0.3, 0.4) is 0 Å². The molecule has 0 bridgehead atoms. The second-order valence-corrected chi connectivity index (χ2v) is 7.28. The van der Waals surface area contributed by atoms with Crippen LogP contribution in [-0.2, 0) is 20.8 Å². The van der Waals surface area contributed by atoms with Crippen LogP contribution >= 0.6 is 0 Å². The maximum Gasteiger partial charge on any atom is 0.374 e. The first-order valence-electron chi connectivity index (χ1n) is 9.00. The fraction of sp³-hybridized carbons (Fsp3) is 0.550. The summed E-state index contributed by atoms with van der Waals surface area (Å²) in [5.74, 6) is -1.54. The van der Waals surface area contributed by atoms with Crippen LogP contribution in [-0.4, -0.2) is 28.8 Å². The molecule has 1 aromatic carbocycles. The van der Waals surface area contributed by atoms with E-state index in [0.29, 0.717) is 11.8 Å². The van der Waals surface area contributed by atoms with E-state index in [1.807, 2.05) is 30.3 Å². The van der Waals surface area contributed by atoms with Gasteiger partial charge in [0.15, 0.2) is 0 Å². The molecule has 1 aliphatic carbocycles. The summed E-state index contributed by atoms with van der Waals surface area (Å²) in [5, 5.41) is 11.7. The van der Waals surface area contributed by atoms with Gasteiger partial charge in [-0.25, -0.2) is 4.79 Å². The third-order valence-electron chi connectivity index (χ3n) is 5.21. The molecule has 1 aromatic rings. The van der Waals surface area contributed by atoms with Crippen molar-refractivity contribution < 1.29 is 19.5 Å². The van der Waals surface area contributed by atoms with Gasteiger partial charge < -0.3 is 10.4 Å². The molecule has 1 atom stereocenters. The summed E-state index contributed by atoms with van der Waals surface area (Å²) in [5.41, 5.74) is 0.825. The summed E-state index contributed by atoms with van der Waals surface area (Å²) >= 11 is 0. The molecule has 1 fully saturated rings. The van der Waals surface area contributed by atoms with Crippen LogP contribution in [0.4, 0.5) is 0 Å². The van der Waals surface area contributed by atoms with Gasteiger partial charge in [-0.05, 0) is 43.1 Å². The Morgan fingerprint density at radius 1 is 1.08 bits per heavy atom. The summed E-state index contributed by atoms with van der Waals surface area (Å²) in [4.78, 5) is 35.6. The van der Waals surface area contributed by atoms with Gasteiger partial charge in [-0.2, -0.15) is 0 Å². The lowest BCUT2D eigenvalue weighted by Gasteiger charge is -2.30. The van der Waals surface area contributed by atoms with E-state index in [1.54, 1.807) is 0 Å². The fourth-order valence-electron chi connectivity index (χ4n) is 3.55. The van der Waals surface area contributed by atoms with Gasteiger partial charge in [0.05, 0.1) is 0 Å². The first kappa shape index (κ1) is 19.2. The van der Waals surface area contributed by atoms with E-state index < -0.39 is 17.8 Å². The number of hydrogen-bond donors (Lipinski definition) is 2. The Hall–Kier alpha value is -2.17. The monoisotopic (exact) mass is 345 g/mol. The molecule has 1 amide bonds. The Morgan fingerprint density at radius 3 is 2.20 bits per heavy atom. The highest BCUT2D eigenvalue weighted by Crippen LogP contribution is 2.33. The number of benzene rings is 1. The van der Waals surface area contributed by atoms with Gasteiger partial charge >= 0.3 is 5.97 Å². The molecule has 1 unspecified atom stereocenters. The van der Waals surface area contributed by atoms with Gasteiger partial charge in [0.2, 0.25) is 5.91 Å². The predicted molar refractivity (Wildman–Crippen MR) is 95.0 cm³/mol. The smallest absolute Gasteiger partial charge is 0.374 e. The highest BCUT2D eigenvalue weighted by molar-refractivity contribution is 6.35. The Balaban J connectivity index is 2.00. The van der Waals surface area contributed by atoms with Crippen molar-refractivity contribution in [2.24, 2.45) is 17.8 Å². The molecule has 5 heteroatoms. The van der Waals surface area contributed by atoms with Gasteiger partial charge in [-0.15, -0.1) is 0 Å². The first-order chi connectivity index (χ1) is 11.9. The molecule has 0 radical (unpaired) electrons. The molecule has 0 heterocycles. The van der Waals surface area contributed by atoms with Crippen molar-refractivity contribution in [1.82, 2.24) is 5.32 Å². The molecule has 5 nitrogen and oxygen atoms in total. The topological polar surface area (TPSA) is 83.5 Å². The molecule has 136 valence electrons. The number of hydrogen-bond acceptors (Lipinski definition) is 3. The average molecular weight is 345 g/mol. The van der Waals surface area contributed by atoms with E-state index in [1.165, 1.54) is 0 Å². The van der Waals surface area contributed by atoms with E-state index in [4.69, 9.17) is 5.11 Å². The minimum Gasteiger partial charge on any atom is -0.475 e. The lowest BCUT2D eigenvalue weighted by molar-refractivity contribution is -0.150. The largest absolute Gasteiger partial charge is 0.475 e. The van der Waals surface area contributed by atoms with E-state index in [0.717, 1.165) is 31.2 Å². The minimum atomic E-state index is -1.51. The SMILES string of the molecule is CC(C)C1CCC(C(=O)NC(Cc2ccccc2)C(=O)C(=O)O)CC1. The zero-order valence-corrected chi connectivity index (χ0v) is 14.9. The first-order valence-corrected chi connectivity index (χ1v) is 9.00. The third-order valence-corrected chi connectivity index (χ3v) is 5.21. The van der Waals surface area contributed by atoms with Crippen LogP contribution in [0.25, 0.3) is 0 Å². The molecular formula is C20H27NO4. The molecule has 2 rings (SSSR count). The van der Waals surface area contributed by atoms with Crippen molar-refractivity contribution in [2.45, 2.75) is 52.0 Å². The van der Waals surface area contributed by atoms with Crippen molar-refractivity contribution in [3.05, 3.63) is 35.9 Å². The van der Waals surface area contributed by atoms with E-state index in [2.05, 4.69) is 19.2 Å². The van der Waals surface area contributed by atoms with Crippen LogP contribution in [0.1, 0.15) is 45.1 Å². The van der Waals surface area contributed by atoms with Crippen LogP contribution in [0.2, 0.25) is 0 Å². The number of carboxylic acids is 1. The zero-order valence-electron chi connectivity index (χ0n) is 14.9. The van der Waals surface area contributed by atoms with Crippen molar-refractivity contribution in [3.8, 4) is 0 Å². The van der Waals surface area contributed by atoms with Crippen molar-refractivity contribution in [3.63, 3.8) is 0 Å². The second-order valence-electron chi connectivity index (χ2n) is 7.28. The van der Waals surface area contributed by atoms with Crippen LogP contribution in [0.5, 0.6) is 0 Å². The third kappa shape index (κ3) is 5.41. The molecule has 0 aliphatic heterocycles. The summed E-state index contributed by atoms with van der Waals surface area (Å²) < 4.78 is 0. The van der Waals surface area contributed by atoms with Gasteiger partial charge in [0, 0.05) is 12.3 Å². The zero-order chi connectivity index (χ0) is 18.4. The number of rotatable bonds is 7. The summed E-state index contributed by atoms with van der Waals surface area (Å²) in [7, 11) is 0. The van der Waals surface area contributed by atoms with Gasteiger partial charge in [-0.1, -0.05) is 44.2 Å². The van der Waals surface area contributed by atoms with E-state index in [-0.39, 0.29) is 18.2 Å². The minimum absolute atomic E-state index is 0.130. The quantitative estimate of drug-likeness (QED) is 0.744. The van der Waals surface area contributed by atoms with E-state index in [9.17, 15) is 14.4 Å². The van der Waals surface area contributed by atoms with Crippen LogP contribution < -0.4 is 5.32 Å². The lowest BCUT2D eigenvalue weighted by Crippen LogP contribution is -2.48. The highest BCUT2D eigenvalue weighted by atomic mass is 16.4. The normalized spacial score (nSPS) is 21.6. The summed E-state index contributed by atoms with van der Waals surface area (Å²) in [6.07, 6.45) is 3.80. The molecule has 25 heavy (non-hydrogen) atoms. The van der Waals surface area contributed by atoms with Crippen molar-refractivity contribution in [1.29, 1.82) is 0 Å². The molecule has 0 spiro atoms. The van der Waals surface area contributed by atoms with Gasteiger partial charge in [0.25, 0.3) is 5.78 Å². The lowest BCUT2D eigenvalue weighted by atomic mass is 9.76. The number of carbonyl (C=O) groups excluding carboxylic acids is 2. The maximum atomic E-state index is 12.5. The van der Waals surface area contributed by atoms with Crippen LogP contribution in [0, 0.1) is 17.8 Å². The highest BCUT2D eigenvalue weighted by Gasteiger charge is 2.32. The molecule has 0 saturated heterocycles. The van der Waals surface area contributed by atoms with Gasteiger partial charge in [-0.3, -0.25) is 9.59 Å². The standard InChI is InChI=1S/C20H27NO4/c1-13(2)15-8-10-16(11-9-15)19(23)21-17(18(22)20(24)25)12-14-6-4-3-5-7-14/h3-7,13,15-17H,8-12H2,1-2H3,(H,21,23)(H,24,25). The molecule has 2 N–H and O–H groups in total. The van der Waals surface area contributed by atoms with Crippen LogP contribution in [0.15, 0.2) is 30.3 Å². The molecule has 0 aromatic heterocycles. The van der Waals surface area contributed by atoms with Crippen molar-refractivity contribution >= 4 is 17.7 Å². The molecule has 1 saturated carbocycles. The maximum absolute atomic E-state index is 12.5. The Kier molecular flexibility index (Phi) is 6.73. The fourth-order valence-corrected chi connectivity index (χ4v) is 3.55. The summed E-state index contributed by atoms with van der Waals surface area (Å²) in [6, 6.07) is 8.13. The second kappa shape index (κ2) is 8.79. The van der Waals surface area contributed by atoms with E-state index >= 15 is 0 Å². The molecular weight excluding hydrogens is 318 g/mol. The number of amides is 1. The van der Waals surface area contributed by atoms with Gasteiger partial charge in [0.1, 0.15) is 6.04 Å². The molecule has 1 aliphatic rings. The Morgan fingerprint density at radius 2 is 1.68 bits per heavy atom. The Labute approximate surface area is 148 Å². The number of carboxylic acid groups (broad SMARTS) is 1. The van der Waals surface area contributed by atoms with Crippen molar-refractivity contribution in [2.75, 3.05) is 0 Å². The predicted octanol–water partition coefficient (Wildman–Crippen LogP) is 2.83. The number of aliphatic carboxylic acids is 1. The number of ketones is 1. The number of carbonyl (C=O) groups is 3. The number of nitrogens with one attached hydrogen (secondary N) is 1. The average Bonchev–Trinajstić information content (AvgIpc) is 2.61.